The first-order valence-corrected chi connectivity index (χ1v) is 6.87. The molecule has 0 heterocycles. The van der Waals surface area contributed by atoms with E-state index in [4.69, 9.17) is 5.73 Å². The SMILES string of the molecule is CCCC(CC)Nc1cc(N)ccc1C(=O)N(C)C. The minimum Gasteiger partial charge on any atom is -0.399 e. The molecule has 1 aromatic carbocycles. The third-order valence-corrected chi connectivity index (χ3v) is 3.17. The number of nitrogens with zero attached hydrogens (tertiary/aromatic N) is 1. The summed E-state index contributed by atoms with van der Waals surface area (Å²) in [6.07, 6.45) is 3.23. The van der Waals surface area contributed by atoms with Crippen molar-refractivity contribution < 1.29 is 4.79 Å². The van der Waals surface area contributed by atoms with Gasteiger partial charge in [0.1, 0.15) is 0 Å². The molecule has 3 N–H and O–H groups in total. The maximum absolute atomic E-state index is 12.1. The predicted octanol–water partition coefficient (Wildman–Crippen LogP) is 2.96. The molecule has 1 aromatic rings. The molecule has 0 spiro atoms. The Morgan fingerprint density at radius 2 is 2.05 bits per heavy atom. The highest BCUT2D eigenvalue weighted by atomic mass is 16.2. The summed E-state index contributed by atoms with van der Waals surface area (Å²) in [7, 11) is 3.51. The van der Waals surface area contributed by atoms with Crippen LogP contribution in [0.5, 0.6) is 0 Å². The maximum Gasteiger partial charge on any atom is 0.255 e. The van der Waals surface area contributed by atoms with Gasteiger partial charge in [-0.2, -0.15) is 0 Å². The van der Waals surface area contributed by atoms with Gasteiger partial charge in [-0.3, -0.25) is 4.79 Å². The predicted molar refractivity (Wildman–Crippen MR) is 81.5 cm³/mol. The number of rotatable bonds is 6. The van der Waals surface area contributed by atoms with Crippen molar-refractivity contribution in [1.82, 2.24) is 4.90 Å². The lowest BCUT2D eigenvalue weighted by Crippen LogP contribution is -2.25. The number of hydrogen-bond acceptors (Lipinski definition) is 3. The zero-order chi connectivity index (χ0) is 14.4. The minimum atomic E-state index is -0.00569. The van der Waals surface area contributed by atoms with Crippen LogP contribution in [0.1, 0.15) is 43.5 Å². The van der Waals surface area contributed by atoms with Gasteiger partial charge in [0.15, 0.2) is 0 Å². The molecule has 0 saturated carbocycles. The maximum atomic E-state index is 12.1. The zero-order valence-electron chi connectivity index (χ0n) is 12.4. The first-order valence-electron chi connectivity index (χ1n) is 6.87. The van der Waals surface area contributed by atoms with Crippen molar-refractivity contribution in [2.24, 2.45) is 0 Å². The fourth-order valence-corrected chi connectivity index (χ4v) is 2.06. The van der Waals surface area contributed by atoms with Gasteiger partial charge in [-0.05, 0) is 31.0 Å². The summed E-state index contributed by atoms with van der Waals surface area (Å²) >= 11 is 0. The van der Waals surface area contributed by atoms with Crippen LogP contribution in [0.3, 0.4) is 0 Å². The van der Waals surface area contributed by atoms with Crippen LogP contribution in [0.15, 0.2) is 18.2 Å². The molecule has 0 aliphatic heterocycles. The van der Waals surface area contributed by atoms with Gasteiger partial charge in [-0.1, -0.05) is 20.3 Å². The van der Waals surface area contributed by atoms with E-state index in [2.05, 4.69) is 19.2 Å². The Hall–Kier alpha value is -1.71. The third kappa shape index (κ3) is 4.16. The van der Waals surface area contributed by atoms with E-state index in [1.165, 1.54) is 0 Å². The fraction of sp³-hybridized carbons (Fsp3) is 0.533. The molecule has 1 atom stereocenters. The topological polar surface area (TPSA) is 58.4 Å². The number of amides is 1. The smallest absolute Gasteiger partial charge is 0.255 e. The first kappa shape index (κ1) is 15.3. The highest BCUT2D eigenvalue weighted by molar-refractivity contribution is 6.00. The van der Waals surface area contributed by atoms with Gasteiger partial charge < -0.3 is 16.0 Å². The van der Waals surface area contributed by atoms with E-state index < -0.39 is 0 Å². The van der Waals surface area contributed by atoms with Crippen LogP contribution in [0.2, 0.25) is 0 Å². The molecule has 19 heavy (non-hydrogen) atoms. The average Bonchev–Trinajstić information content (AvgIpc) is 2.37. The van der Waals surface area contributed by atoms with Crippen molar-refractivity contribution in [3.8, 4) is 0 Å². The van der Waals surface area contributed by atoms with Gasteiger partial charge in [-0.25, -0.2) is 0 Å². The molecule has 0 fully saturated rings. The average molecular weight is 263 g/mol. The number of anilines is 2. The Morgan fingerprint density at radius 1 is 1.37 bits per heavy atom. The Labute approximate surface area is 116 Å². The van der Waals surface area contributed by atoms with Gasteiger partial charge >= 0.3 is 0 Å². The highest BCUT2D eigenvalue weighted by Crippen LogP contribution is 2.22. The van der Waals surface area contributed by atoms with Crippen LogP contribution in [-0.2, 0) is 0 Å². The molecule has 0 aromatic heterocycles. The summed E-state index contributed by atoms with van der Waals surface area (Å²) in [6, 6.07) is 5.77. The number of carbonyl (C=O) groups is 1. The summed E-state index contributed by atoms with van der Waals surface area (Å²) in [6.45, 7) is 4.31. The lowest BCUT2D eigenvalue weighted by molar-refractivity contribution is 0.0828. The summed E-state index contributed by atoms with van der Waals surface area (Å²) < 4.78 is 0. The Morgan fingerprint density at radius 3 is 2.58 bits per heavy atom. The van der Waals surface area contributed by atoms with Gasteiger partial charge in [0.2, 0.25) is 0 Å². The summed E-state index contributed by atoms with van der Waals surface area (Å²) in [4.78, 5) is 13.7. The van der Waals surface area contributed by atoms with E-state index >= 15 is 0 Å². The van der Waals surface area contributed by atoms with Crippen LogP contribution in [-0.4, -0.2) is 30.9 Å². The largest absolute Gasteiger partial charge is 0.399 e. The number of carbonyl (C=O) groups excluding carboxylic acids is 1. The molecule has 0 aliphatic carbocycles. The monoisotopic (exact) mass is 263 g/mol. The molecule has 106 valence electrons. The van der Waals surface area contributed by atoms with E-state index in [9.17, 15) is 4.79 Å². The molecule has 4 nitrogen and oxygen atoms in total. The quantitative estimate of drug-likeness (QED) is 0.776. The van der Waals surface area contributed by atoms with Crippen molar-refractivity contribution in [3.05, 3.63) is 23.8 Å². The van der Waals surface area contributed by atoms with Crippen molar-refractivity contribution in [3.63, 3.8) is 0 Å². The Balaban J connectivity index is 3.03. The molecule has 0 aliphatic rings. The number of hydrogen-bond donors (Lipinski definition) is 2. The van der Waals surface area contributed by atoms with Gasteiger partial charge in [0.25, 0.3) is 5.91 Å². The number of nitrogens with one attached hydrogen (secondary N) is 1. The number of nitrogen functional groups attached to an aromatic ring is 1. The molecule has 0 bridgehead atoms. The van der Waals surface area contributed by atoms with Crippen LogP contribution in [0.4, 0.5) is 11.4 Å². The molecule has 0 radical (unpaired) electrons. The van der Waals surface area contributed by atoms with Crippen molar-refractivity contribution in [1.29, 1.82) is 0 Å². The van der Waals surface area contributed by atoms with Crippen LogP contribution >= 0.6 is 0 Å². The standard InChI is InChI=1S/C15H25N3O/c1-5-7-12(6-2)17-14-10-11(16)8-9-13(14)15(19)18(3)4/h8-10,12,17H,5-7,16H2,1-4H3. The summed E-state index contributed by atoms with van der Waals surface area (Å²) in [5.41, 5.74) is 8.01. The summed E-state index contributed by atoms with van der Waals surface area (Å²) in [5.74, 6) is -0.00569. The molecular weight excluding hydrogens is 238 g/mol. The molecule has 1 unspecified atom stereocenters. The second-order valence-corrected chi connectivity index (χ2v) is 5.04. The second-order valence-electron chi connectivity index (χ2n) is 5.04. The van der Waals surface area contributed by atoms with Crippen molar-refractivity contribution >= 4 is 17.3 Å². The van der Waals surface area contributed by atoms with E-state index in [1.54, 1.807) is 31.1 Å². The van der Waals surface area contributed by atoms with Gasteiger partial charge in [-0.15, -0.1) is 0 Å². The second kappa shape index (κ2) is 7.02. The molecular formula is C15H25N3O. The summed E-state index contributed by atoms with van der Waals surface area (Å²) in [5, 5.41) is 3.45. The Kier molecular flexibility index (Phi) is 5.67. The van der Waals surface area contributed by atoms with Gasteiger partial charge in [0, 0.05) is 31.5 Å². The van der Waals surface area contributed by atoms with E-state index in [0.29, 0.717) is 17.3 Å². The van der Waals surface area contributed by atoms with Crippen LogP contribution in [0, 0.1) is 0 Å². The first-order chi connectivity index (χ1) is 8.99. The van der Waals surface area contributed by atoms with E-state index in [-0.39, 0.29) is 5.91 Å². The van der Waals surface area contributed by atoms with Crippen molar-refractivity contribution in [2.75, 3.05) is 25.1 Å². The molecule has 1 amide bonds. The Bertz CT molecular complexity index is 429. The lowest BCUT2D eigenvalue weighted by Gasteiger charge is -2.21. The number of benzene rings is 1. The number of nitrogens with two attached hydrogens (primary N) is 1. The van der Waals surface area contributed by atoms with Crippen molar-refractivity contribution in [2.45, 2.75) is 39.2 Å². The third-order valence-electron chi connectivity index (χ3n) is 3.17. The zero-order valence-corrected chi connectivity index (χ0v) is 12.4. The van der Waals surface area contributed by atoms with Crippen LogP contribution < -0.4 is 11.1 Å². The van der Waals surface area contributed by atoms with Crippen LogP contribution in [0.25, 0.3) is 0 Å². The van der Waals surface area contributed by atoms with E-state index in [1.807, 2.05) is 6.07 Å². The van der Waals surface area contributed by atoms with Gasteiger partial charge in [0.05, 0.1) is 5.56 Å². The van der Waals surface area contributed by atoms with E-state index in [0.717, 1.165) is 24.9 Å². The normalized spacial score (nSPS) is 12.0. The molecule has 4 heteroatoms. The lowest BCUT2D eigenvalue weighted by atomic mass is 10.1. The minimum absolute atomic E-state index is 0.00569. The highest BCUT2D eigenvalue weighted by Gasteiger charge is 2.15. The molecule has 1 rings (SSSR count). The fourth-order valence-electron chi connectivity index (χ4n) is 2.06. The molecule has 0 saturated heterocycles.